The monoisotopic (exact) mass is 424 g/mol. The molecule has 0 radical (unpaired) electrons. The quantitative estimate of drug-likeness (QED) is 0.594. The van der Waals surface area contributed by atoms with E-state index in [1.54, 1.807) is 0 Å². The predicted octanol–water partition coefficient (Wildman–Crippen LogP) is 5.48. The number of pyridine rings is 1. The van der Waals surface area contributed by atoms with Crippen molar-refractivity contribution in [3.05, 3.63) is 46.6 Å². The predicted molar refractivity (Wildman–Crippen MR) is 121 cm³/mol. The van der Waals surface area contributed by atoms with E-state index >= 15 is 0 Å². The fourth-order valence-corrected chi connectivity index (χ4v) is 4.19. The Balaban J connectivity index is 1.75. The molecule has 2 aromatic rings. The fraction of sp³-hybridized carbons (Fsp3) is 0.520. The van der Waals surface area contributed by atoms with Gasteiger partial charge in [-0.1, -0.05) is 6.07 Å². The molecule has 0 unspecified atom stereocenters. The lowest BCUT2D eigenvalue weighted by atomic mass is 9.89. The molecule has 0 atom stereocenters. The summed E-state index contributed by atoms with van der Waals surface area (Å²) in [5, 5.41) is 3.40. The van der Waals surface area contributed by atoms with E-state index in [-0.39, 0.29) is 12.1 Å². The number of esters is 1. The van der Waals surface area contributed by atoms with Crippen molar-refractivity contribution in [1.82, 2.24) is 4.98 Å². The third kappa shape index (κ3) is 5.01. The Kier molecular flexibility index (Phi) is 6.46. The van der Waals surface area contributed by atoms with Crippen LogP contribution in [0.5, 0.6) is 5.75 Å². The lowest BCUT2D eigenvalue weighted by Crippen LogP contribution is -2.17. The van der Waals surface area contributed by atoms with Crippen molar-refractivity contribution in [1.29, 1.82) is 0 Å². The maximum absolute atomic E-state index is 12.5. The smallest absolute Gasteiger partial charge is 0.341 e. The van der Waals surface area contributed by atoms with Crippen molar-refractivity contribution in [3.8, 4) is 5.75 Å². The molecule has 31 heavy (non-hydrogen) atoms. The van der Waals surface area contributed by atoms with Crippen molar-refractivity contribution >= 4 is 17.5 Å². The summed E-state index contributed by atoms with van der Waals surface area (Å²) < 4.78 is 16.9. The number of aryl methyl sites for hydroxylation is 1. The maximum Gasteiger partial charge on any atom is 0.341 e. The number of rotatable bonds is 7. The Bertz CT molecular complexity index is 947. The van der Waals surface area contributed by atoms with E-state index in [1.807, 2.05) is 26.1 Å². The number of aromatic nitrogens is 1. The molecule has 4 rings (SSSR count). The first-order valence-electron chi connectivity index (χ1n) is 11.2. The minimum Gasteiger partial charge on any atom is -0.489 e. The summed E-state index contributed by atoms with van der Waals surface area (Å²) in [7, 11) is 1.40. The highest BCUT2D eigenvalue weighted by atomic mass is 16.5. The molecule has 2 heterocycles. The molecule has 1 N–H and O–H groups in total. The van der Waals surface area contributed by atoms with E-state index in [9.17, 15) is 4.79 Å². The van der Waals surface area contributed by atoms with Gasteiger partial charge in [0.2, 0.25) is 0 Å². The Morgan fingerprint density at radius 1 is 1.13 bits per heavy atom. The van der Waals surface area contributed by atoms with Gasteiger partial charge in [-0.2, -0.15) is 0 Å². The average molecular weight is 425 g/mol. The zero-order chi connectivity index (χ0) is 22.0. The van der Waals surface area contributed by atoms with E-state index in [0.717, 1.165) is 61.5 Å². The molecule has 1 saturated carbocycles. The Labute approximate surface area is 184 Å². The summed E-state index contributed by atoms with van der Waals surface area (Å²) in [6.45, 7) is 7.66. The van der Waals surface area contributed by atoms with E-state index in [1.165, 1.54) is 12.7 Å². The minimum absolute atomic E-state index is 0.0205. The van der Waals surface area contributed by atoms with E-state index in [4.69, 9.17) is 14.2 Å². The number of nitrogens with one attached hydrogen (secondary N) is 1. The first-order valence-corrected chi connectivity index (χ1v) is 11.2. The van der Waals surface area contributed by atoms with E-state index < -0.39 is 0 Å². The summed E-state index contributed by atoms with van der Waals surface area (Å²) in [6, 6.07) is 6.18. The van der Waals surface area contributed by atoms with Crippen LogP contribution in [0, 0.1) is 6.92 Å². The largest absolute Gasteiger partial charge is 0.489 e. The zero-order valence-corrected chi connectivity index (χ0v) is 18.9. The molecule has 1 aliphatic carbocycles. The molecule has 2 fully saturated rings. The summed E-state index contributed by atoms with van der Waals surface area (Å²) in [5.41, 5.74) is 4.70. The van der Waals surface area contributed by atoms with Gasteiger partial charge < -0.3 is 19.5 Å². The molecule has 6 heteroatoms. The number of carbonyl (C=O) groups is 1. The molecule has 0 spiro atoms. The van der Waals surface area contributed by atoms with Crippen molar-refractivity contribution < 1.29 is 19.0 Å². The Hall–Kier alpha value is -2.60. The number of benzene rings is 1. The molecule has 6 nitrogen and oxygen atoms in total. The second-order valence-corrected chi connectivity index (χ2v) is 8.84. The second-order valence-electron chi connectivity index (χ2n) is 8.84. The van der Waals surface area contributed by atoms with E-state index in [0.29, 0.717) is 23.2 Å². The van der Waals surface area contributed by atoms with Crippen molar-refractivity contribution in [2.75, 3.05) is 25.6 Å². The zero-order valence-electron chi connectivity index (χ0n) is 18.9. The van der Waals surface area contributed by atoms with Crippen molar-refractivity contribution in [3.63, 3.8) is 0 Å². The van der Waals surface area contributed by atoms with Crippen LogP contribution < -0.4 is 10.1 Å². The highest BCUT2D eigenvalue weighted by Crippen LogP contribution is 2.43. The molecule has 0 amide bonds. The number of anilines is 2. The van der Waals surface area contributed by atoms with Gasteiger partial charge in [0.05, 0.1) is 18.9 Å². The van der Waals surface area contributed by atoms with Crippen LogP contribution in [0.15, 0.2) is 24.4 Å². The van der Waals surface area contributed by atoms with Gasteiger partial charge in [0.1, 0.15) is 17.1 Å². The first-order chi connectivity index (χ1) is 15.0. The summed E-state index contributed by atoms with van der Waals surface area (Å²) in [5.74, 6) is 1.82. The number of nitrogens with zero attached hydrogens (tertiary/aromatic N) is 1. The normalized spacial score (nSPS) is 16.9. The summed E-state index contributed by atoms with van der Waals surface area (Å²) >= 11 is 0. The molecule has 1 saturated heterocycles. The minimum atomic E-state index is -0.388. The second kappa shape index (κ2) is 9.27. The van der Waals surface area contributed by atoms with Crippen LogP contribution in [-0.2, 0) is 9.47 Å². The number of hydrogen-bond donors (Lipinski definition) is 1. The summed E-state index contributed by atoms with van der Waals surface area (Å²) in [6.07, 6.45) is 6.12. The number of carbonyl (C=O) groups excluding carboxylic acids is 1. The Morgan fingerprint density at radius 3 is 2.52 bits per heavy atom. The van der Waals surface area contributed by atoms with Crippen LogP contribution in [0.3, 0.4) is 0 Å². The lowest BCUT2D eigenvalue weighted by molar-refractivity contribution is 0.0601. The first kappa shape index (κ1) is 21.6. The van der Waals surface area contributed by atoms with Gasteiger partial charge in [-0.15, -0.1) is 0 Å². The molecule has 0 bridgehead atoms. The topological polar surface area (TPSA) is 69.7 Å². The molecular weight excluding hydrogens is 392 g/mol. The maximum atomic E-state index is 12.5. The SMILES string of the molecule is COC(=O)c1cc(C2CC2)cnc1Nc1cc(C)cc(C2CCOCC2)c1OC(C)C. The molecule has 1 aromatic carbocycles. The van der Waals surface area contributed by atoms with Crippen LogP contribution in [0.25, 0.3) is 0 Å². The van der Waals surface area contributed by atoms with Crippen LogP contribution in [0.2, 0.25) is 0 Å². The van der Waals surface area contributed by atoms with Gasteiger partial charge in [-0.25, -0.2) is 9.78 Å². The van der Waals surface area contributed by atoms with Crippen molar-refractivity contribution in [2.45, 2.75) is 64.4 Å². The third-order valence-corrected chi connectivity index (χ3v) is 5.89. The lowest BCUT2D eigenvalue weighted by Gasteiger charge is -2.27. The molecular formula is C25H32N2O4. The average Bonchev–Trinajstić information content (AvgIpc) is 3.61. The molecule has 1 aromatic heterocycles. The van der Waals surface area contributed by atoms with Gasteiger partial charge >= 0.3 is 5.97 Å². The van der Waals surface area contributed by atoms with Crippen LogP contribution in [-0.4, -0.2) is 37.4 Å². The highest BCUT2D eigenvalue weighted by molar-refractivity contribution is 5.96. The molecule has 2 aliphatic rings. The number of methoxy groups -OCH3 is 1. The van der Waals surface area contributed by atoms with Crippen LogP contribution in [0.1, 0.15) is 78.4 Å². The van der Waals surface area contributed by atoms with Crippen molar-refractivity contribution in [2.24, 2.45) is 0 Å². The number of hydrogen-bond acceptors (Lipinski definition) is 6. The molecule has 1 aliphatic heterocycles. The van der Waals surface area contributed by atoms with E-state index in [2.05, 4.69) is 29.4 Å². The standard InChI is InChI=1S/C25H32N2O4/c1-15(2)31-23-20(18-7-9-30-10-8-18)11-16(3)12-22(23)27-24-21(25(28)29-4)13-19(14-26-24)17-5-6-17/h11-15,17-18H,5-10H2,1-4H3,(H,26,27). The van der Waals surface area contributed by atoms with Gasteiger partial charge in [0.15, 0.2) is 0 Å². The van der Waals surface area contributed by atoms with Gasteiger partial charge in [0.25, 0.3) is 0 Å². The Morgan fingerprint density at radius 2 is 1.87 bits per heavy atom. The van der Waals surface area contributed by atoms with Gasteiger partial charge in [0, 0.05) is 19.4 Å². The highest BCUT2D eigenvalue weighted by Gasteiger charge is 2.27. The molecule has 166 valence electrons. The summed E-state index contributed by atoms with van der Waals surface area (Å²) in [4.78, 5) is 17.1. The number of ether oxygens (including phenoxy) is 3. The fourth-order valence-electron chi connectivity index (χ4n) is 4.19. The van der Waals surface area contributed by atoms with Gasteiger partial charge in [-0.05, 0) is 87.1 Å². The van der Waals surface area contributed by atoms with Crippen LogP contribution in [0.4, 0.5) is 11.5 Å². The van der Waals surface area contributed by atoms with Gasteiger partial charge in [-0.3, -0.25) is 0 Å². The third-order valence-electron chi connectivity index (χ3n) is 5.89. The van der Waals surface area contributed by atoms with Crippen LogP contribution >= 0.6 is 0 Å².